The lowest BCUT2D eigenvalue weighted by Gasteiger charge is -2.50. The van der Waals surface area contributed by atoms with Crippen LogP contribution in [0.15, 0.2) is 0 Å². The van der Waals surface area contributed by atoms with Crippen LogP contribution in [0.3, 0.4) is 0 Å². The minimum Gasteiger partial charge on any atom is -0.309 e. The second-order valence-electron chi connectivity index (χ2n) is 7.41. The Morgan fingerprint density at radius 3 is 2.53 bits per heavy atom. The highest BCUT2D eigenvalue weighted by molar-refractivity contribution is 5.05. The lowest BCUT2D eigenvalue weighted by molar-refractivity contribution is -0.0182. The van der Waals surface area contributed by atoms with Crippen molar-refractivity contribution < 1.29 is 0 Å². The molecule has 100 valence electrons. The van der Waals surface area contributed by atoms with Crippen molar-refractivity contribution in [1.29, 1.82) is 0 Å². The first kappa shape index (κ1) is 13.4. The summed E-state index contributed by atoms with van der Waals surface area (Å²) in [6, 6.07) is 0. The van der Waals surface area contributed by atoms with Gasteiger partial charge in [0, 0.05) is 13.1 Å². The fourth-order valence-electron chi connectivity index (χ4n) is 3.92. The summed E-state index contributed by atoms with van der Waals surface area (Å²) in [5, 5.41) is 0. The summed E-state index contributed by atoms with van der Waals surface area (Å²) in [4.78, 5) is 5.02. The van der Waals surface area contributed by atoms with E-state index in [0.717, 1.165) is 5.92 Å². The van der Waals surface area contributed by atoms with Crippen molar-refractivity contribution in [3.8, 4) is 0 Å². The van der Waals surface area contributed by atoms with E-state index in [2.05, 4.69) is 44.7 Å². The van der Waals surface area contributed by atoms with Gasteiger partial charge in [0.2, 0.25) is 0 Å². The summed E-state index contributed by atoms with van der Waals surface area (Å²) in [6.45, 7) is 12.7. The van der Waals surface area contributed by atoms with Gasteiger partial charge in [-0.05, 0) is 63.2 Å². The van der Waals surface area contributed by atoms with Crippen LogP contribution in [0, 0.1) is 16.7 Å². The summed E-state index contributed by atoms with van der Waals surface area (Å²) >= 11 is 0. The highest BCUT2D eigenvalue weighted by Gasteiger charge is 2.54. The van der Waals surface area contributed by atoms with Gasteiger partial charge in [0.25, 0.3) is 0 Å². The maximum absolute atomic E-state index is 2.73. The average molecular weight is 238 g/mol. The average Bonchev–Trinajstić information content (AvgIpc) is 2.38. The molecule has 0 radical (unpaired) electrons. The van der Waals surface area contributed by atoms with E-state index in [4.69, 9.17) is 0 Å². The predicted octanol–water partition coefficient (Wildman–Crippen LogP) is 2.70. The van der Waals surface area contributed by atoms with Crippen LogP contribution in [0.4, 0.5) is 0 Å². The second-order valence-corrected chi connectivity index (χ2v) is 7.41. The molecule has 0 aromatic rings. The van der Waals surface area contributed by atoms with Crippen LogP contribution in [0.2, 0.25) is 0 Å². The zero-order valence-corrected chi connectivity index (χ0v) is 12.4. The molecule has 0 N–H and O–H groups in total. The summed E-state index contributed by atoms with van der Waals surface area (Å²) in [5.41, 5.74) is 1.12. The Balaban J connectivity index is 1.90. The summed E-state index contributed by atoms with van der Waals surface area (Å²) < 4.78 is 0. The Hall–Kier alpha value is -0.0800. The molecule has 0 aromatic carbocycles. The monoisotopic (exact) mass is 238 g/mol. The molecule has 1 heterocycles. The number of nitrogens with zero attached hydrogens (tertiary/aromatic N) is 2. The van der Waals surface area contributed by atoms with Crippen LogP contribution in [0.1, 0.15) is 40.0 Å². The van der Waals surface area contributed by atoms with Crippen molar-refractivity contribution in [3.05, 3.63) is 0 Å². The van der Waals surface area contributed by atoms with Crippen molar-refractivity contribution in [1.82, 2.24) is 9.80 Å². The maximum Gasteiger partial charge on any atom is 0.00407 e. The summed E-state index contributed by atoms with van der Waals surface area (Å²) in [7, 11) is 4.34. The predicted molar refractivity (Wildman–Crippen MR) is 74.2 cm³/mol. The van der Waals surface area contributed by atoms with Gasteiger partial charge >= 0.3 is 0 Å². The Bertz CT molecular complexity index is 272. The minimum absolute atomic E-state index is 0.561. The third-order valence-corrected chi connectivity index (χ3v) is 5.75. The van der Waals surface area contributed by atoms with Crippen LogP contribution in [0.25, 0.3) is 0 Å². The molecule has 2 fully saturated rings. The first-order chi connectivity index (χ1) is 7.85. The number of hydrogen-bond donors (Lipinski definition) is 0. The van der Waals surface area contributed by atoms with Gasteiger partial charge in [-0.3, -0.25) is 0 Å². The first-order valence-corrected chi connectivity index (χ1v) is 7.22. The summed E-state index contributed by atoms with van der Waals surface area (Å²) in [5.74, 6) is 0.931. The van der Waals surface area contributed by atoms with Crippen molar-refractivity contribution in [3.63, 3.8) is 0 Å². The lowest BCUT2D eigenvalue weighted by atomic mass is 9.63. The van der Waals surface area contributed by atoms with Crippen LogP contribution in [-0.4, -0.2) is 50.1 Å². The Morgan fingerprint density at radius 2 is 1.94 bits per heavy atom. The van der Waals surface area contributed by atoms with Gasteiger partial charge in [0.05, 0.1) is 0 Å². The molecule has 2 heteroatoms. The van der Waals surface area contributed by atoms with Gasteiger partial charge in [-0.15, -0.1) is 0 Å². The van der Waals surface area contributed by atoms with Crippen molar-refractivity contribution in [2.45, 2.75) is 40.0 Å². The number of rotatable bonds is 4. The molecule has 17 heavy (non-hydrogen) atoms. The van der Waals surface area contributed by atoms with Gasteiger partial charge in [0.1, 0.15) is 0 Å². The third kappa shape index (κ3) is 2.39. The van der Waals surface area contributed by atoms with Gasteiger partial charge in [-0.1, -0.05) is 20.8 Å². The topological polar surface area (TPSA) is 6.48 Å². The molecule has 2 aliphatic rings. The quantitative estimate of drug-likeness (QED) is 0.743. The highest BCUT2D eigenvalue weighted by atomic mass is 15.2. The molecule has 0 aromatic heterocycles. The van der Waals surface area contributed by atoms with Crippen LogP contribution < -0.4 is 0 Å². The van der Waals surface area contributed by atoms with Crippen molar-refractivity contribution in [2.24, 2.45) is 16.7 Å². The first-order valence-electron chi connectivity index (χ1n) is 7.22. The van der Waals surface area contributed by atoms with E-state index in [1.165, 1.54) is 45.4 Å². The molecule has 1 saturated heterocycles. The molecule has 1 aliphatic heterocycles. The number of fused-ring (bicyclic) bond motifs is 2. The fraction of sp³-hybridized carbons (Fsp3) is 1.00. The molecule has 2 nitrogen and oxygen atoms in total. The summed E-state index contributed by atoms with van der Waals surface area (Å²) in [6.07, 6.45) is 4.21. The second kappa shape index (κ2) is 4.55. The minimum atomic E-state index is 0.561. The van der Waals surface area contributed by atoms with Gasteiger partial charge < -0.3 is 9.80 Å². The van der Waals surface area contributed by atoms with Crippen molar-refractivity contribution in [2.75, 3.05) is 40.3 Å². The van der Waals surface area contributed by atoms with Crippen molar-refractivity contribution >= 4 is 0 Å². The molecular formula is C15H30N2. The van der Waals surface area contributed by atoms with E-state index in [1.54, 1.807) is 0 Å². The number of hydrogen-bond acceptors (Lipinski definition) is 2. The Labute approximate surface area is 107 Å². The Morgan fingerprint density at radius 1 is 1.24 bits per heavy atom. The largest absolute Gasteiger partial charge is 0.309 e. The van der Waals surface area contributed by atoms with Crippen LogP contribution in [-0.2, 0) is 0 Å². The standard InChI is InChI=1S/C15H30N2/c1-14(2)13-7-8-15(14,3)12-17(11-13)10-6-9-16(4)5/h13H,6-12H2,1-5H3/t13-,15-/m0/s1. The smallest absolute Gasteiger partial charge is 0.00407 e. The number of piperidine rings is 1. The molecule has 1 saturated carbocycles. The fourth-order valence-corrected chi connectivity index (χ4v) is 3.92. The van der Waals surface area contributed by atoms with E-state index < -0.39 is 0 Å². The highest BCUT2D eigenvalue weighted by Crippen LogP contribution is 2.58. The maximum atomic E-state index is 2.73. The zero-order chi connectivity index (χ0) is 12.7. The van der Waals surface area contributed by atoms with Crippen LogP contribution >= 0.6 is 0 Å². The molecule has 2 atom stereocenters. The molecule has 0 unspecified atom stereocenters. The van der Waals surface area contributed by atoms with E-state index in [9.17, 15) is 0 Å². The van der Waals surface area contributed by atoms with E-state index >= 15 is 0 Å². The van der Waals surface area contributed by atoms with Crippen LogP contribution in [0.5, 0.6) is 0 Å². The van der Waals surface area contributed by atoms with Gasteiger partial charge in [0.15, 0.2) is 0 Å². The molecule has 1 aliphatic carbocycles. The van der Waals surface area contributed by atoms with Gasteiger partial charge in [-0.25, -0.2) is 0 Å². The molecule has 0 amide bonds. The van der Waals surface area contributed by atoms with E-state index in [1.807, 2.05) is 0 Å². The molecule has 2 bridgehead atoms. The zero-order valence-electron chi connectivity index (χ0n) is 12.4. The molecule has 2 rings (SSSR count). The third-order valence-electron chi connectivity index (χ3n) is 5.75. The molecule has 0 spiro atoms. The van der Waals surface area contributed by atoms with E-state index in [0.29, 0.717) is 10.8 Å². The number of likely N-dealkylation sites (tertiary alicyclic amines) is 1. The lowest BCUT2D eigenvalue weighted by Crippen LogP contribution is -2.52. The van der Waals surface area contributed by atoms with E-state index in [-0.39, 0.29) is 0 Å². The van der Waals surface area contributed by atoms with Gasteiger partial charge in [-0.2, -0.15) is 0 Å². The SMILES string of the molecule is CN(C)CCCN1C[C@@H]2CC[C@@](C)(C1)C2(C)C. The molecular weight excluding hydrogens is 208 g/mol. The normalized spacial score (nSPS) is 36.7. The Kier molecular flexibility index (Phi) is 3.57.